The third-order valence-corrected chi connectivity index (χ3v) is 1.94. The van der Waals surface area contributed by atoms with Crippen LogP contribution < -0.4 is 0 Å². The van der Waals surface area contributed by atoms with Gasteiger partial charge in [0.15, 0.2) is 0 Å². The molecule has 2 aromatic heterocycles. The van der Waals surface area contributed by atoms with Crippen molar-refractivity contribution in [3.8, 4) is 0 Å². The van der Waals surface area contributed by atoms with Crippen LogP contribution in [0.25, 0.3) is 11.0 Å². The molecule has 0 aliphatic rings. The summed E-state index contributed by atoms with van der Waals surface area (Å²) < 4.78 is 37.7. The molecule has 0 aliphatic carbocycles. The van der Waals surface area contributed by atoms with Gasteiger partial charge in [-0.1, -0.05) is 11.6 Å². The van der Waals surface area contributed by atoms with E-state index < -0.39 is 11.7 Å². The van der Waals surface area contributed by atoms with Crippen molar-refractivity contribution in [3.05, 3.63) is 29.3 Å². The predicted octanol–water partition coefficient (Wildman–Crippen LogP) is 2.70. The van der Waals surface area contributed by atoms with Crippen LogP contribution in [0.15, 0.2) is 18.6 Å². The molecule has 15 heavy (non-hydrogen) atoms. The second-order valence-electron chi connectivity index (χ2n) is 2.75. The van der Waals surface area contributed by atoms with Crippen LogP contribution in [0.4, 0.5) is 13.2 Å². The van der Waals surface area contributed by atoms with Crippen LogP contribution in [-0.4, -0.2) is 15.0 Å². The Morgan fingerprint density at radius 1 is 1.27 bits per heavy atom. The lowest BCUT2D eigenvalue weighted by Crippen LogP contribution is -2.07. The highest BCUT2D eigenvalue weighted by Gasteiger charge is 2.34. The van der Waals surface area contributed by atoms with E-state index in [4.69, 9.17) is 11.6 Å². The molecule has 0 amide bonds. The van der Waals surface area contributed by atoms with Crippen LogP contribution in [-0.2, 0) is 6.18 Å². The predicted molar refractivity (Wildman–Crippen MR) is 47.3 cm³/mol. The highest BCUT2D eigenvalue weighted by molar-refractivity contribution is 6.29. The van der Waals surface area contributed by atoms with Gasteiger partial charge < -0.3 is 0 Å². The van der Waals surface area contributed by atoms with Gasteiger partial charge in [0, 0.05) is 0 Å². The van der Waals surface area contributed by atoms with E-state index in [1.54, 1.807) is 0 Å². The average Bonchev–Trinajstić information content (AvgIpc) is 2.15. The molecule has 0 N–H and O–H groups in total. The van der Waals surface area contributed by atoms with Gasteiger partial charge in [-0.15, -0.1) is 0 Å². The Kier molecular flexibility index (Phi) is 2.22. The van der Waals surface area contributed by atoms with E-state index in [2.05, 4.69) is 15.0 Å². The van der Waals surface area contributed by atoms with Crippen LogP contribution in [0.2, 0.25) is 5.15 Å². The maximum atomic E-state index is 12.6. The number of hydrogen-bond donors (Lipinski definition) is 0. The highest BCUT2D eigenvalue weighted by Crippen LogP contribution is 2.34. The maximum Gasteiger partial charge on any atom is 0.418 e. The lowest BCUT2D eigenvalue weighted by atomic mass is 10.2. The second-order valence-corrected chi connectivity index (χ2v) is 3.13. The van der Waals surface area contributed by atoms with Gasteiger partial charge in [0.25, 0.3) is 0 Å². The Morgan fingerprint density at radius 3 is 2.67 bits per heavy atom. The molecule has 0 radical (unpaired) electrons. The number of hydrogen-bond acceptors (Lipinski definition) is 3. The van der Waals surface area contributed by atoms with Gasteiger partial charge in [0.05, 0.1) is 11.8 Å². The topological polar surface area (TPSA) is 38.7 Å². The molecule has 7 heteroatoms. The molecule has 0 atom stereocenters. The third-order valence-electron chi connectivity index (χ3n) is 1.74. The fourth-order valence-corrected chi connectivity index (χ4v) is 1.36. The van der Waals surface area contributed by atoms with Crippen LogP contribution in [0.5, 0.6) is 0 Å². The molecule has 0 aromatic carbocycles. The average molecular weight is 234 g/mol. The number of alkyl halides is 3. The van der Waals surface area contributed by atoms with Crippen molar-refractivity contribution in [3.63, 3.8) is 0 Å². The first kappa shape index (κ1) is 10.1. The van der Waals surface area contributed by atoms with Gasteiger partial charge in [0.1, 0.15) is 22.5 Å². The van der Waals surface area contributed by atoms with Gasteiger partial charge in [-0.05, 0) is 6.07 Å². The lowest BCUT2D eigenvalue weighted by Gasteiger charge is -2.08. The van der Waals surface area contributed by atoms with E-state index in [-0.39, 0.29) is 16.2 Å². The normalized spacial score (nSPS) is 12.0. The number of aromatic nitrogens is 3. The highest BCUT2D eigenvalue weighted by atomic mass is 35.5. The first-order chi connectivity index (χ1) is 6.98. The molecule has 78 valence electrons. The molecule has 0 aliphatic heterocycles. The molecule has 2 rings (SSSR count). The Balaban J connectivity index is 2.83. The molecule has 0 fully saturated rings. The van der Waals surface area contributed by atoms with Crippen molar-refractivity contribution in [1.29, 1.82) is 0 Å². The first-order valence-corrected chi connectivity index (χ1v) is 4.20. The smallest absolute Gasteiger partial charge is 0.243 e. The largest absolute Gasteiger partial charge is 0.418 e. The summed E-state index contributed by atoms with van der Waals surface area (Å²) >= 11 is 5.46. The SMILES string of the molecule is FC(F)(F)c1cc(Cl)nc2cncnc12. The summed E-state index contributed by atoms with van der Waals surface area (Å²) in [4.78, 5) is 10.8. The molecule has 2 aromatic rings. The molecule has 0 unspecified atom stereocenters. The van der Waals surface area contributed by atoms with E-state index >= 15 is 0 Å². The minimum atomic E-state index is -4.50. The summed E-state index contributed by atoms with van der Waals surface area (Å²) in [5, 5.41) is -0.232. The van der Waals surface area contributed by atoms with Crippen molar-refractivity contribution < 1.29 is 13.2 Å². The maximum absolute atomic E-state index is 12.6. The zero-order valence-electron chi connectivity index (χ0n) is 7.09. The summed E-state index contributed by atoms with van der Waals surface area (Å²) in [6.45, 7) is 0. The minimum absolute atomic E-state index is 0.0253. The fraction of sp³-hybridized carbons (Fsp3) is 0.125. The summed E-state index contributed by atoms with van der Waals surface area (Å²) in [5.41, 5.74) is -1.13. The van der Waals surface area contributed by atoms with Crippen molar-refractivity contribution in [2.24, 2.45) is 0 Å². The zero-order valence-corrected chi connectivity index (χ0v) is 7.84. The number of fused-ring (bicyclic) bond motifs is 1. The van der Waals surface area contributed by atoms with Crippen LogP contribution in [0, 0.1) is 0 Å². The van der Waals surface area contributed by atoms with E-state index in [1.165, 1.54) is 6.20 Å². The van der Waals surface area contributed by atoms with Gasteiger partial charge in [-0.3, -0.25) is 0 Å². The van der Waals surface area contributed by atoms with E-state index in [9.17, 15) is 13.2 Å². The Labute approximate surface area is 86.9 Å². The van der Waals surface area contributed by atoms with Crippen LogP contribution >= 0.6 is 11.6 Å². The van der Waals surface area contributed by atoms with E-state index in [1.807, 2.05) is 0 Å². The molecule has 0 saturated heterocycles. The first-order valence-electron chi connectivity index (χ1n) is 3.82. The summed E-state index contributed by atoms with van der Waals surface area (Å²) in [6, 6.07) is 0.747. The molecule has 3 nitrogen and oxygen atoms in total. The summed E-state index contributed by atoms with van der Waals surface area (Å²) in [6.07, 6.45) is -2.28. The lowest BCUT2D eigenvalue weighted by molar-refractivity contribution is -0.136. The van der Waals surface area contributed by atoms with Gasteiger partial charge in [0.2, 0.25) is 0 Å². The molecule has 0 spiro atoms. The molecule has 0 saturated carbocycles. The molecular formula is C8H3ClF3N3. The standard InChI is InChI=1S/C8H3ClF3N3/c9-6-1-4(8(10,11)12)7-5(15-6)2-13-3-14-7/h1-3H. The van der Waals surface area contributed by atoms with E-state index in [0.717, 1.165) is 12.4 Å². The Morgan fingerprint density at radius 2 is 2.00 bits per heavy atom. The minimum Gasteiger partial charge on any atom is -0.243 e. The van der Waals surface area contributed by atoms with Gasteiger partial charge in [-0.25, -0.2) is 15.0 Å². The van der Waals surface area contributed by atoms with Crippen molar-refractivity contribution in [2.45, 2.75) is 6.18 Å². The fourth-order valence-electron chi connectivity index (χ4n) is 1.16. The van der Waals surface area contributed by atoms with Gasteiger partial charge in [-0.2, -0.15) is 13.2 Å². The molecule has 2 heterocycles. The molecule has 0 bridgehead atoms. The van der Waals surface area contributed by atoms with Crippen molar-refractivity contribution in [1.82, 2.24) is 15.0 Å². The third kappa shape index (κ3) is 1.85. The Hall–Kier alpha value is -1.43. The summed E-state index contributed by atoms with van der Waals surface area (Å²) in [7, 11) is 0. The quantitative estimate of drug-likeness (QED) is 0.657. The summed E-state index contributed by atoms with van der Waals surface area (Å²) in [5.74, 6) is 0. The van der Waals surface area contributed by atoms with Crippen LogP contribution in [0.1, 0.15) is 5.56 Å². The van der Waals surface area contributed by atoms with Crippen molar-refractivity contribution >= 4 is 22.6 Å². The number of rotatable bonds is 0. The Bertz CT molecular complexity index is 512. The number of halogens is 4. The number of pyridine rings is 1. The van der Waals surface area contributed by atoms with Gasteiger partial charge >= 0.3 is 6.18 Å². The van der Waals surface area contributed by atoms with Crippen LogP contribution in [0.3, 0.4) is 0 Å². The van der Waals surface area contributed by atoms with Crippen molar-refractivity contribution in [2.75, 3.05) is 0 Å². The monoisotopic (exact) mass is 233 g/mol. The number of nitrogens with zero attached hydrogens (tertiary/aromatic N) is 3. The van der Waals surface area contributed by atoms with E-state index in [0.29, 0.717) is 0 Å². The zero-order chi connectivity index (χ0) is 11.1. The second kappa shape index (κ2) is 3.30. The molecular weight excluding hydrogens is 231 g/mol.